The van der Waals surface area contributed by atoms with Gasteiger partial charge in [0.1, 0.15) is 0 Å². The first kappa shape index (κ1) is 11.3. The number of unbranched alkanes of at least 4 members (excludes halogenated alkanes) is 2. The van der Waals surface area contributed by atoms with Gasteiger partial charge in [0.15, 0.2) is 0 Å². The number of hydrogen-bond donors (Lipinski definition) is 1. The van der Waals surface area contributed by atoms with Gasteiger partial charge in [-0.05, 0) is 12.8 Å². The molecule has 0 fully saturated rings. The summed E-state index contributed by atoms with van der Waals surface area (Å²) in [4.78, 5) is 0. The fraction of sp³-hybridized carbons (Fsp3) is 0.857. The summed E-state index contributed by atoms with van der Waals surface area (Å²) in [5, 5.41) is 16.1. The van der Waals surface area contributed by atoms with Crippen molar-refractivity contribution in [3.8, 4) is 6.07 Å². The molecule has 0 aromatic carbocycles. The number of aliphatic hydroxyl groups excluding tert-OH is 1. The molecule has 0 unspecified atom stereocenters. The van der Waals surface area contributed by atoms with Gasteiger partial charge in [0.25, 0.3) is 0 Å². The molecule has 0 aliphatic carbocycles. The van der Waals surface area contributed by atoms with Gasteiger partial charge in [0.2, 0.25) is 0 Å². The van der Waals surface area contributed by atoms with Crippen LogP contribution in [0.3, 0.4) is 0 Å². The van der Waals surface area contributed by atoms with Gasteiger partial charge < -0.3 is 5.11 Å². The van der Waals surface area contributed by atoms with Crippen molar-refractivity contribution >= 4 is 0 Å². The van der Waals surface area contributed by atoms with Crippen LogP contribution in [0, 0.1) is 11.3 Å². The van der Waals surface area contributed by atoms with Crippen LogP contribution in [0.1, 0.15) is 33.1 Å². The van der Waals surface area contributed by atoms with Gasteiger partial charge in [-0.2, -0.15) is 5.26 Å². The summed E-state index contributed by atoms with van der Waals surface area (Å²) < 4.78 is 0. The lowest BCUT2D eigenvalue weighted by Gasteiger charge is -1.84. The Morgan fingerprint density at radius 2 is 1.89 bits per heavy atom. The minimum absolute atomic E-state index is 0.210. The fourth-order valence-corrected chi connectivity index (χ4v) is 0.316. The van der Waals surface area contributed by atoms with Crippen LogP contribution in [0.4, 0.5) is 0 Å². The number of rotatable bonds is 3. The molecule has 0 aliphatic rings. The molecule has 2 heteroatoms. The van der Waals surface area contributed by atoms with Gasteiger partial charge in [-0.3, -0.25) is 0 Å². The third kappa shape index (κ3) is 18.6. The molecule has 0 heterocycles. The molecule has 0 saturated heterocycles. The van der Waals surface area contributed by atoms with Crippen molar-refractivity contribution in [3.05, 3.63) is 0 Å². The highest BCUT2D eigenvalue weighted by Gasteiger charge is 1.80. The van der Waals surface area contributed by atoms with Crippen LogP contribution < -0.4 is 0 Å². The van der Waals surface area contributed by atoms with Crippen molar-refractivity contribution in [2.24, 2.45) is 0 Å². The highest BCUT2D eigenvalue weighted by Crippen LogP contribution is 1.89. The van der Waals surface area contributed by atoms with Crippen LogP contribution in [0.2, 0.25) is 0 Å². The number of nitriles is 1. The number of aliphatic hydroxyl groups is 1. The summed E-state index contributed by atoms with van der Waals surface area (Å²) in [6, 6.07) is 1.99. The molecule has 0 aliphatic heterocycles. The summed E-state index contributed by atoms with van der Waals surface area (Å²) in [5.41, 5.74) is 0. The van der Waals surface area contributed by atoms with Gasteiger partial charge in [0, 0.05) is 13.0 Å². The van der Waals surface area contributed by atoms with Crippen LogP contribution >= 0.6 is 0 Å². The Labute approximate surface area is 57.1 Å². The Kier molecular flexibility index (Phi) is 19.6. The average molecular weight is 129 g/mol. The topological polar surface area (TPSA) is 44.0 Å². The van der Waals surface area contributed by atoms with E-state index >= 15 is 0 Å². The zero-order valence-electron chi connectivity index (χ0n) is 6.22. The third-order valence-corrected chi connectivity index (χ3v) is 0.697. The molecule has 0 bridgehead atoms. The molecule has 0 rings (SSSR count). The summed E-state index contributed by atoms with van der Waals surface area (Å²) >= 11 is 0. The standard InChI is InChI=1S/C5H9NO.C2H6/c6-4-2-1-3-5-7;1-2/h7H,1-3,5H2;1-2H3. The minimum atomic E-state index is 0.210. The van der Waals surface area contributed by atoms with E-state index in [0.717, 1.165) is 12.8 Å². The highest BCUT2D eigenvalue weighted by atomic mass is 16.2. The Morgan fingerprint density at radius 3 is 2.22 bits per heavy atom. The molecule has 0 atom stereocenters. The van der Waals surface area contributed by atoms with E-state index in [9.17, 15) is 0 Å². The van der Waals surface area contributed by atoms with Crippen molar-refractivity contribution in [1.82, 2.24) is 0 Å². The Hall–Kier alpha value is -0.550. The van der Waals surface area contributed by atoms with E-state index in [-0.39, 0.29) is 6.61 Å². The van der Waals surface area contributed by atoms with Gasteiger partial charge in [-0.1, -0.05) is 13.8 Å². The lowest BCUT2D eigenvalue weighted by atomic mass is 10.3. The quantitative estimate of drug-likeness (QED) is 0.589. The van der Waals surface area contributed by atoms with E-state index in [0.29, 0.717) is 6.42 Å². The van der Waals surface area contributed by atoms with Gasteiger partial charge in [0.05, 0.1) is 6.07 Å². The second-order valence-electron chi connectivity index (χ2n) is 1.34. The van der Waals surface area contributed by atoms with E-state index in [1.165, 1.54) is 0 Å². The zero-order chi connectivity index (χ0) is 7.54. The predicted octanol–water partition coefficient (Wildman–Crippen LogP) is 1.70. The lowest BCUT2D eigenvalue weighted by molar-refractivity contribution is 0.285. The van der Waals surface area contributed by atoms with Crippen molar-refractivity contribution < 1.29 is 5.11 Å². The maximum absolute atomic E-state index is 8.18. The van der Waals surface area contributed by atoms with Gasteiger partial charge in [-0.25, -0.2) is 0 Å². The van der Waals surface area contributed by atoms with Crippen LogP contribution in [-0.4, -0.2) is 11.7 Å². The van der Waals surface area contributed by atoms with E-state index in [4.69, 9.17) is 10.4 Å². The first-order valence-corrected chi connectivity index (χ1v) is 3.39. The van der Waals surface area contributed by atoms with Crippen LogP contribution in [0.15, 0.2) is 0 Å². The van der Waals surface area contributed by atoms with E-state index in [2.05, 4.69) is 0 Å². The van der Waals surface area contributed by atoms with Gasteiger partial charge in [-0.15, -0.1) is 0 Å². The molecule has 9 heavy (non-hydrogen) atoms. The van der Waals surface area contributed by atoms with Crippen molar-refractivity contribution in [3.63, 3.8) is 0 Å². The molecule has 0 spiro atoms. The van der Waals surface area contributed by atoms with Crippen LogP contribution in [-0.2, 0) is 0 Å². The van der Waals surface area contributed by atoms with E-state index < -0.39 is 0 Å². The largest absolute Gasteiger partial charge is 0.396 e. The smallest absolute Gasteiger partial charge is 0.0621 e. The predicted molar refractivity (Wildman–Crippen MR) is 37.9 cm³/mol. The summed E-state index contributed by atoms with van der Waals surface area (Å²) in [6.07, 6.45) is 2.15. The second-order valence-corrected chi connectivity index (χ2v) is 1.34. The van der Waals surface area contributed by atoms with E-state index in [1.807, 2.05) is 19.9 Å². The van der Waals surface area contributed by atoms with Crippen molar-refractivity contribution in [1.29, 1.82) is 5.26 Å². The molecular formula is C7H15NO. The number of hydrogen-bond acceptors (Lipinski definition) is 2. The Balaban J connectivity index is 0. The van der Waals surface area contributed by atoms with Crippen LogP contribution in [0.25, 0.3) is 0 Å². The molecule has 0 aromatic heterocycles. The molecule has 0 radical (unpaired) electrons. The zero-order valence-corrected chi connectivity index (χ0v) is 6.22. The number of nitrogens with zero attached hydrogens (tertiary/aromatic N) is 1. The highest BCUT2D eigenvalue weighted by molar-refractivity contribution is 4.67. The summed E-state index contributed by atoms with van der Waals surface area (Å²) in [5.74, 6) is 0. The second kappa shape index (κ2) is 15.7. The molecule has 0 amide bonds. The fourth-order valence-electron chi connectivity index (χ4n) is 0.316. The Bertz CT molecular complexity index is 65.8. The molecule has 0 saturated carbocycles. The first-order chi connectivity index (χ1) is 4.41. The molecular weight excluding hydrogens is 114 g/mol. The molecule has 1 N–H and O–H groups in total. The molecule has 2 nitrogen and oxygen atoms in total. The first-order valence-electron chi connectivity index (χ1n) is 3.39. The van der Waals surface area contributed by atoms with Crippen LogP contribution in [0.5, 0.6) is 0 Å². The van der Waals surface area contributed by atoms with Crippen molar-refractivity contribution in [2.75, 3.05) is 6.61 Å². The van der Waals surface area contributed by atoms with E-state index in [1.54, 1.807) is 0 Å². The van der Waals surface area contributed by atoms with Gasteiger partial charge >= 0.3 is 0 Å². The summed E-state index contributed by atoms with van der Waals surface area (Å²) in [7, 11) is 0. The summed E-state index contributed by atoms with van der Waals surface area (Å²) in [6.45, 7) is 4.21. The maximum atomic E-state index is 8.18. The Morgan fingerprint density at radius 1 is 1.33 bits per heavy atom. The monoisotopic (exact) mass is 129 g/mol. The molecule has 0 aromatic rings. The normalized spacial score (nSPS) is 6.89. The lowest BCUT2D eigenvalue weighted by Crippen LogP contribution is -1.79. The molecule has 54 valence electrons. The maximum Gasteiger partial charge on any atom is 0.0621 e. The third-order valence-electron chi connectivity index (χ3n) is 0.697. The minimum Gasteiger partial charge on any atom is -0.396 e. The van der Waals surface area contributed by atoms with Crippen molar-refractivity contribution in [2.45, 2.75) is 33.1 Å². The SMILES string of the molecule is CC.N#CCCCCO. The average Bonchev–Trinajstić information content (AvgIpc) is 1.94.